The van der Waals surface area contributed by atoms with E-state index in [2.05, 4.69) is 31.2 Å². The third-order valence-electron chi connectivity index (χ3n) is 3.11. The normalized spacial score (nSPS) is 10.8. The second kappa shape index (κ2) is 5.65. The number of nitrogens with zero attached hydrogens (tertiary/aromatic N) is 2. The van der Waals surface area contributed by atoms with Crippen LogP contribution in [0.25, 0.3) is 10.9 Å². The summed E-state index contributed by atoms with van der Waals surface area (Å²) in [4.78, 5) is 8.38. The molecule has 1 aromatic heterocycles. The molecule has 0 bridgehead atoms. The van der Waals surface area contributed by atoms with Gasteiger partial charge in [-0.2, -0.15) is 0 Å². The smallest absolute Gasteiger partial charge is 0.137 e. The maximum atomic E-state index is 13.7. The molecule has 0 radical (unpaired) electrons. The molecule has 0 saturated heterocycles. The highest BCUT2D eigenvalue weighted by Gasteiger charge is 2.06. The van der Waals surface area contributed by atoms with Crippen molar-refractivity contribution in [2.24, 2.45) is 0 Å². The van der Waals surface area contributed by atoms with Gasteiger partial charge in [0.2, 0.25) is 0 Å². The zero-order valence-corrected chi connectivity index (χ0v) is 12.6. The van der Waals surface area contributed by atoms with Gasteiger partial charge in [0.25, 0.3) is 0 Å². The highest BCUT2D eigenvalue weighted by molar-refractivity contribution is 9.10. The Bertz CT molecular complexity index is 807. The van der Waals surface area contributed by atoms with Gasteiger partial charge in [-0.1, -0.05) is 15.9 Å². The average molecular weight is 347 g/mol. The fourth-order valence-electron chi connectivity index (χ4n) is 2.07. The Labute approximate surface area is 129 Å². The molecule has 0 aliphatic carbocycles. The number of benzene rings is 2. The van der Waals surface area contributed by atoms with E-state index in [0.717, 1.165) is 15.4 Å². The van der Waals surface area contributed by atoms with Crippen molar-refractivity contribution < 1.29 is 4.39 Å². The van der Waals surface area contributed by atoms with E-state index < -0.39 is 0 Å². The van der Waals surface area contributed by atoms with Gasteiger partial charge >= 0.3 is 0 Å². The Morgan fingerprint density at radius 2 is 2.00 bits per heavy atom. The van der Waals surface area contributed by atoms with Crippen LogP contribution in [0.4, 0.5) is 15.9 Å². The Morgan fingerprint density at radius 3 is 2.86 bits per heavy atom. The van der Waals surface area contributed by atoms with E-state index in [1.807, 2.05) is 6.07 Å². The molecule has 0 unspecified atom stereocenters. The van der Waals surface area contributed by atoms with Crippen LogP contribution < -0.4 is 11.1 Å². The van der Waals surface area contributed by atoms with E-state index >= 15 is 0 Å². The minimum absolute atomic E-state index is 0.261. The lowest BCUT2D eigenvalue weighted by molar-refractivity contribution is 0.612. The van der Waals surface area contributed by atoms with E-state index in [-0.39, 0.29) is 5.82 Å². The van der Waals surface area contributed by atoms with Crippen LogP contribution in [-0.2, 0) is 6.54 Å². The molecule has 6 heteroatoms. The van der Waals surface area contributed by atoms with Gasteiger partial charge in [-0.3, -0.25) is 0 Å². The summed E-state index contributed by atoms with van der Waals surface area (Å²) in [7, 11) is 0. The van der Waals surface area contributed by atoms with E-state index in [4.69, 9.17) is 5.73 Å². The maximum absolute atomic E-state index is 13.7. The van der Waals surface area contributed by atoms with E-state index in [0.29, 0.717) is 23.6 Å². The molecule has 2 aromatic carbocycles. The standard InChI is InChI=1S/C15H12BrFN4/c16-10-1-3-13(17)9(5-10)7-19-15-12-6-11(18)2-4-14(12)20-8-21-15/h1-6,8H,7,18H2,(H,19,20,21). The number of halogens is 2. The number of hydrogen-bond acceptors (Lipinski definition) is 4. The highest BCUT2D eigenvalue weighted by atomic mass is 79.9. The van der Waals surface area contributed by atoms with Gasteiger partial charge in [-0.15, -0.1) is 0 Å². The summed E-state index contributed by atoms with van der Waals surface area (Å²) in [6, 6.07) is 10.2. The summed E-state index contributed by atoms with van der Waals surface area (Å²) in [5, 5.41) is 3.94. The number of nitrogens with two attached hydrogens (primary N) is 1. The lowest BCUT2D eigenvalue weighted by Gasteiger charge is -2.09. The molecule has 0 atom stereocenters. The minimum Gasteiger partial charge on any atom is -0.399 e. The molecular weight excluding hydrogens is 335 g/mol. The molecular formula is C15H12BrFN4. The molecule has 3 N–H and O–H groups in total. The van der Waals surface area contributed by atoms with Crippen molar-refractivity contribution >= 4 is 38.3 Å². The molecule has 0 aliphatic rings. The zero-order chi connectivity index (χ0) is 14.8. The van der Waals surface area contributed by atoms with Crippen LogP contribution in [0.3, 0.4) is 0 Å². The Hall–Kier alpha value is -2.21. The SMILES string of the molecule is Nc1ccc2ncnc(NCc3cc(Br)ccc3F)c2c1. The van der Waals surface area contributed by atoms with Crippen molar-refractivity contribution in [3.05, 3.63) is 58.6 Å². The van der Waals surface area contributed by atoms with Crippen LogP contribution in [-0.4, -0.2) is 9.97 Å². The lowest BCUT2D eigenvalue weighted by atomic mass is 10.2. The Morgan fingerprint density at radius 1 is 1.14 bits per heavy atom. The monoisotopic (exact) mass is 346 g/mol. The Kier molecular flexibility index (Phi) is 3.70. The predicted molar refractivity (Wildman–Crippen MR) is 85.4 cm³/mol. The van der Waals surface area contributed by atoms with Crippen molar-refractivity contribution in [2.75, 3.05) is 11.1 Å². The highest BCUT2D eigenvalue weighted by Crippen LogP contribution is 2.23. The quantitative estimate of drug-likeness (QED) is 0.709. The third kappa shape index (κ3) is 2.95. The van der Waals surface area contributed by atoms with Crippen molar-refractivity contribution in [3.63, 3.8) is 0 Å². The Balaban J connectivity index is 1.91. The minimum atomic E-state index is -0.261. The molecule has 106 valence electrons. The van der Waals surface area contributed by atoms with Crippen molar-refractivity contribution in [1.82, 2.24) is 9.97 Å². The lowest BCUT2D eigenvalue weighted by Crippen LogP contribution is -2.04. The fourth-order valence-corrected chi connectivity index (χ4v) is 2.48. The first-order valence-corrected chi connectivity index (χ1v) is 7.11. The fraction of sp³-hybridized carbons (Fsp3) is 0.0667. The van der Waals surface area contributed by atoms with E-state index in [9.17, 15) is 4.39 Å². The molecule has 0 fully saturated rings. The number of rotatable bonds is 3. The van der Waals surface area contributed by atoms with Crippen LogP contribution in [0.15, 0.2) is 47.2 Å². The first-order valence-electron chi connectivity index (χ1n) is 6.31. The van der Waals surface area contributed by atoms with E-state index in [1.54, 1.807) is 24.3 Å². The number of nitrogens with one attached hydrogen (secondary N) is 1. The third-order valence-corrected chi connectivity index (χ3v) is 3.61. The van der Waals surface area contributed by atoms with Crippen LogP contribution in [0.2, 0.25) is 0 Å². The van der Waals surface area contributed by atoms with Gasteiger partial charge in [-0.25, -0.2) is 14.4 Å². The number of anilines is 2. The number of fused-ring (bicyclic) bond motifs is 1. The molecule has 0 spiro atoms. The zero-order valence-electron chi connectivity index (χ0n) is 11.0. The van der Waals surface area contributed by atoms with Crippen LogP contribution in [0, 0.1) is 5.82 Å². The van der Waals surface area contributed by atoms with Crippen LogP contribution in [0.1, 0.15) is 5.56 Å². The molecule has 4 nitrogen and oxygen atoms in total. The maximum Gasteiger partial charge on any atom is 0.137 e. The summed E-state index contributed by atoms with van der Waals surface area (Å²) in [6.07, 6.45) is 1.47. The number of hydrogen-bond donors (Lipinski definition) is 2. The summed E-state index contributed by atoms with van der Waals surface area (Å²) in [5.41, 5.74) is 7.77. The molecule has 3 rings (SSSR count). The van der Waals surface area contributed by atoms with Crippen molar-refractivity contribution in [2.45, 2.75) is 6.54 Å². The molecule has 0 saturated carbocycles. The van der Waals surface area contributed by atoms with Gasteiger partial charge in [0, 0.05) is 27.7 Å². The summed E-state index contributed by atoms with van der Waals surface area (Å²) in [5.74, 6) is 0.371. The van der Waals surface area contributed by atoms with Gasteiger partial charge in [0.1, 0.15) is 18.0 Å². The summed E-state index contributed by atoms with van der Waals surface area (Å²) >= 11 is 3.34. The molecule has 3 aromatic rings. The van der Waals surface area contributed by atoms with Crippen molar-refractivity contribution in [1.29, 1.82) is 0 Å². The van der Waals surface area contributed by atoms with E-state index in [1.165, 1.54) is 12.4 Å². The number of nitrogen functional groups attached to an aromatic ring is 1. The number of aromatic nitrogens is 2. The largest absolute Gasteiger partial charge is 0.399 e. The topological polar surface area (TPSA) is 63.8 Å². The summed E-state index contributed by atoms with van der Waals surface area (Å²) in [6.45, 7) is 0.326. The molecule has 0 amide bonds. The average Bonchev–Trinajstić information content (AvgIpc) is 2.48. The molecule has 21 heavy (non-hydrogen) atoms. The van der Waals surface area contributed by atoms with Crippen LogP contribution in [0.5, 0.6) is 0 Å². The summed E-state index contributed by atoms with van der Waals surface area (Å²) < 4.78 is 14.6. The van der Waals surface area contributed by atoms with Crippen molar-refractivity contribution in [3.8, 4) is 0 Å². The predicted octanol–water partition coefficient (Wildman–Crippen LogP) is 3.73. The first kappa shape index (κ1) is 13.8. The van der Waals surface area contributed by atoms with Gasteiger partial charge in [-0.05, 0) is 36.4 Å². The van der Waals surface area contributed by atoms with Gasteiger partial charge < -0.3 is 11.1 Å². The first-order chi connectivity index (χ1) is 10.1. The van der Waals surface area contributed by atoms with Gasteiger partial charge in [0.15, 0.2) is 0 Å². The second-order valence-electron chi connectivity index (χ2n) is 4.59. The van der Waals surface area contributed by atoms with Gasteiger partial charge in [0.05, 0.1) is 5.52 Å². The van der Waals surface area contributed by atoms with Crippen LogP contribution >= 0.6 is 15.9 Å². The molecule has 0 aliphatic heterocycles. The second-order valence-corrected chi connectivity index (χ2v) is 5.50. The molecule has 1 heterocycles.